The fourth-order valence-electron chi connectivity index (χ4n) is 1.61. The van der Waals surface area contributed by atoms with E-state index >= 15 is 0 Å². The van der Waals surface area contributed by atoms with E-state index < -0.39 is 41.9 Å². The number of carbonyl (C=O) groups excluding carboxylic acids is 1. The summed E-state index contributed by atoms with van der Waals surface area (Å²) in [5.74, 6) is -0.855. The Morgan fingerprint density at radius 1 is 1.40 bits per heavy atom. The minimum atomic E-state index is -4.72. The minimum Gasteiger partial charge on any atom is -0.469 e. The van der Waals surface area contributed by atoms with E-state index in [0.717, 1.165) is 19.2 Å². The number of alkyl halides is 3. The monoisotopic (exact) mass is 312 g/mol. The number of aliphatic hydroxyl groups excluding tert-OH is 2. The van der Waals surface area contributed by atoms with Gasteiger partial charge in [0.2, 0.25) is 0 Å². The number of hydrogen-bond donors (Lipinski definition) is 2. The Hall–Kier alpha value is -1.31. The van der Waals surface area contributed by atoms with E-state index in [0.29, 0.717) is 6.07 Å². The fourth-order valence-corrected chi connectivity index (χ4v) is 1.79. The molecule has 0 aromatic heterocycles. The van der Waals surface area contributed by atoms with Crippen molar-refractivity contribution in [1.29, 1.82) is 0 Å². The third kappa shape index (κ3) is 4.09. The van der Waals surface area contributed by atoms with E-state index in [1.165, 1.54) is 0 Å². The zero-order valence-corrected chi connectivity index (χ0v) is 11.1. The topological polar surface area (TPSA) is 66.8 Å². The molecule has 8 heteroatoms. The summed E-state index contributed by atoms with van der Waals surface area (Å²) in [6, 6.07) is 2.62. The van der Waals surface area contributed by atoms with Gasteiger partial charge in [0.05, 0.1) is 25.2 Å². The highest BCUT2D eigenvalue weighted by Gasteiger charge is 2.36. The molecule has 0 bridgehead atoms. The van der Waals surface area contributed by atoms with E-state index in [4.69, 9.17) is 11.6 Å². The molecule has 2 N–H and O–H groups in total. The average Bonchev–Trinajstić information content (AvgIpc) is 2.35. The lowest BCUT2D eigenvalue weighted by molar-refractivity contribution is -0.145. The van der Waals surface area contributed by atoms with Crippen LogP contribution in [0.15, 0.2) is 18.2 Å². The predicted octanol–water partition coefficient (Wildman–Crippen LogP) is 2.32. The van der Waals surface area contributed by atoms with E-state index in [9.17, 15) is 28.2 Å². The molecule has 0 fully saturated rings. The van der Waals surface area contributed by atoms with E-state index in [1.54, 1.807) is 0 Å². The highest BCUT2D eigenvalue weighted by atomic mass is 35.5. The Labute approximate surface area is 117 Å². The van der Waals surface area contributed by atoms with Crippen LogP contribution in [0.1, 0.15) is 23.7 Å². The van der Waals surface area contributed by atoms with Crippen LogP contribution in [0.4, 0.5) is 13.2 Å². The first-order valence-corrected chi connectivity index (χ1v) is 5.84. The van der Waals surface area contributed by atoms with Crippen LogP contribution in [0.2, 0.25) is 5.02 Å². The van der Waals surface area contributed by atoms with Crippen molar-refractivity contribution >= 4 is 17.6 Å². The molecule has 112 valence electrons. The van der Waals surface area contributed by atoms with Crippen molar-refractivity contribution in [2.75, 3.05) is 7.11 Å². The highest BCUT2D eigenvalue weighted by Crippen LogP contribution is 2.37. The third-order valence-corrected chi connectivity index (χ3v) is 2.84. The lowest BCUT2D eigenvalue weighted by Crippen LogP contribution is -2.25. The maximum atomic E-state index is 12.8. The van der Waals surface area contributed by atoms with Gasteiger partial charge in [-0.05, 0) is 23.8 Å². The molecule has 1 aromatic rings. The van der Waals surface area contributed by atoms with Gasteiger partial charge in [0.1, 0.15) is 6.10 Å². The first-order valence-electron chi connectivity index (χ1n) is 5.46. The molecule has 0 aliphatic rings. The van der Waals surface area contributed by atoms with Gasteiger partial charge in [0.25, 0.3) is 0 Å². The second-order valence-corrected chi connectivity index (χ2v) is 4.46. The molecule has 0 aliphatic carbocycles. The Balaban J connectivity index is 3.11. The summed E-state index contributed by atoms with van der Waals surface area (Å²) < 4.78 is 42.7. The van der Waals surface area contributed by atoms with Crippen LogP contribution in [0.25, 0.3) is 0 Å². The summed E-state index contributed by atoms with van der Waals surface area (Å²) >= 11 is 5.60. The Kier molecular flexibility index (Phi) is 5.38. The molecule has 0 spiro atoms. The molecule has 2 unspecified atom stereocenters. The van der Waals surface area contributed by atoms with Crippen LogP contribution >= 0.6 is 11.6 Å². The SMILES string of the molecule is COC(=O)CC(O)C(O)c1cc(Cl)ccc1C(F)(F)F. The molecule has 0 saturated heterocycles. The Morgan fingerprint density at radius 3 is 2.50 bits per heavy atom. The lowest BCUT2D eigenvalue weighted by Gasteiger charge is -2.21. The highest BCUT2D eigenvalue weighted by molar-refractivity contribution is 6.30. The van der Waals surface area contributed by atoms with Crippen molar-refractivity contribution in [3.05, 3.63) is 34.3 Å². The summed E-state index contributed by atoms with van der Waals surface area (Å²) in [4.78, 5) is 11.0. The van der Waals surface area contributed by atoms with Crippen LogP contribution in [-0.4, -0.2) is 29.4 Å². The number of benzene rings is 1. The van der Waals surface area contributed by atoms with Crippen molar-refractivity contribution < 1.29 is 32.9 Å². The zero-order valence-electron chi connectivity index (χ0n) is 10.3. The first-order chi connectivity index (χ1) is 9.16. The predicted molar refractivity (Wildman–Crippen MR) is 64.1 cm³/mol. The average molecular weight is 313 g/mol. The van der Waals surface area contributed by atoms with Gasteiger partial charge in [-0.15, -0.1) is 0 Å². The molecule has 0 heterocycles. The number of hydrogen-bond acceptors (Lipinski definition) is 4. The van der Waals surface area contributed by atoms with Gasteiger partial charge in [0.15, 0.2) is 0 Å². The van der Waals surface area contributed by atoms with E-state index in [1.807, 2.05) is 0 Å². The quantitative estimate of drug-likeness (QED) is 0.837. The smallest absolute Gasteiger partial charge is 0.416 e. The van der Waals surface area contributed by atoms with Crippen LogP contribution in [-0.2, 0) is 15.7 Å². The second kappa shape index (κ2) is 6.43. The molecule has 0 saturated carbocycles. The van der Waals surface area contributed by atoms with Gasteiger partial charge in [0, 0.05) is 5.02 Å². The van der Waals surface area contributed by atoms with Crippen molar-refractivity contribution in [3.63, 3.8) is 0 Å². The Bertz CT molecular complexity index is 490. The minimum absolute atomic E-state index is 0.0303. The van der Waals surface area contributed by atoms with Gasteiger partial charge in [-0.3, -0.25) is 4.79 Å². The molecule has 1 aromatic carbocycles. The normalized spacial score (nSPS) is 14.8. The van der Waals surface area contributed by atoms with Crippen molar-refractivity contribution in [2.24, 2.45) is 0 Å². The maximum absolute atomic E-state index is 12.8. The molecule has 0 amide bonds. The van der Waals surface area contributed by atoms with Gasteiger partial charge < -0.3 is 14.9 Å². The van der Waals surface area contributed by atoms with E-state index in [-0.39, 0.29) is 5.02 Å². The van der Waals surface area contributed by atoms with Crippen molar-refractivity contribution in [3.8, 4) is 0 Å². The molecule has 1 rings (SSSR count). The van der Waals surface area contributed by atoms with Gasteiger partial charge in [-0.25, -0.2) is 0 Å². The second-order valence-electron chi connectivity index (χ2n) is 4.02. The molecule has 0 aliphatic heterocycles. The Morgan fingerprint density at radius 2 is 2.00 bits per heavy atom. The molecule has 0 radical (unpaired) electrons. The summed E-state index contributed by atoms with van der Waals surface area (Å²) in [6.07, 6.45) is -9.00. The number of halogens is 4. The van der Waals surface area contributed by atoms with Crippen LogP contribution < -0.4 is 0 Å². The summed E-state index contributed by atoms with van der Waals surface area (Å²) in [5.41, 5.74) is -1.72. The largest absolute Gasteiger partial charge is 0.469 e. The molecular formula is C12H12ClF3O4. The van der Waals surface area contributed by atoms with Crippen molar-refractivity contribution in [1.82, 2.24) is 0 Å². The summed E-state index contributed by atoms with van der Waals surface area (Å²) in [6.45, 7) is 0. The van der Waals surface area contributed by atoms with Crippen molar-refractivity contribution in [2.45, 2.75) is 24.8 Å². The van der Waals surface area contributed by atoms with Gasteiger partial charge in [-0.2, -0.15) is 13.2 Å². The first kappa shape index (κ1) is 16.7. The molecular weight excluding hydrogens is 301 g/mol. The molecule has 2 atom stereocenters. The summed E-state index contributed by atoms with van der Waals surface area (Å²) in [7, 11) is 1.06. The standard InChI is InChI=1S/C12H12ClF3O4/c1-20-10(18)5-9(17)11(19)7-4-6(13)2-3-8(7)12(14,15)16/h2-4,9,11,17,19H,5H2,1H3. The fraction of sp³-hybridized carbons (Fsp3) is 0.417. The van der Waals surface area contributed by atoms with Gasteiger partial charge >= 0.3 is 12.1 Å². The molecule has 4 nitrogen and oxygen atoms in total. The zero-order chi connectivity index (χ0) is 15.5. The maximum Gasteiger partial charge on any atom is 0.416 e. The number of carbonyl (C=O) groups is 1. The number of esters is 1. The third-order valence-electron chi connectivity index (χ3n) is 2.61. The number of methoxy groups -OCH3 is 1. The van der Waals surface area contributed by atoms with Crippen LogP contribution in [0, 0.1) is 0 Å². The van der Waals surface area contributed by atoms with Gasteiger partial charge in [-0.1, -0.05) is 11.6 Å². The van der Waals surface area contributed by atoms with Crippen LogP contribution in [0.5, 0.6) is 0 Å². The number of aliphatic hydroxyl groups is 2. The number of rotatable bonds is 4. The summed E-state index contributed by atoms with van der Waals surface area (Å²) in [5, 5.41) is 19.3. The lowest BCUT2D eigenvalue weighted by atomic mass is 9.97. The molecule has 20 heavy (non-hydrogen) atoms. The number of ether oxygens (including phenoxy) is 1. The van der Waals surface area contributed by atoms with Crippen LogP contribution in [0.3, 0.4) is 0 Å². The van der Waals surface area contributed by atoms with E-state index in [2.05, 4.69) is 4.74 Å².